The van der Waals surface area contributed by atoms with Crippen LogP contribution in [-0.2, 0) is 17.6 Å². The first-order valence-corrected chi connectivity index (χ1v) is 8.94. The molecule has 132 valence electrons. The van der Waals surface area contributed by atoms with Gasteiger partial charge < -0.3 is 10.0 Å². The second-order valence-electron chi connectivity index (χ2n) is 7.12. The van der Waals surface area contributed by atoms with E-state index >= 15 is 0 Å². The van der Waals surface area contributed by atoms with Gasteiger partial charge in [-0.3, -0.25) is 9.78 Å². The molecule has 2 heterocycles. The molecule has 1 aliphatic heterocycles. The maximum atomic E-state index is 12.5. The Kier molecular flexibility index (Phi) is 5.49. The molecule has 4 nitrogen and oxygen atoms in total. The molecule has 0 radical (unpaired) electrons. The predicted octanol–water partition coefficient (Wildman–Crippen LogP) is 2.69. The average Bonchev–Trinajstić information content (AvgIpc) is 2.95. The summed E-state index contributed by atoms with van der Waals surface area (Å²) in [7, 11) is 0. The van der Waals surface area contributed by atoms with Gasteiger partial charge in [-0.05, 0) is 55.5 Å². The summed E-state index contributed by atoms with van der Waals surface area (Å²) in [6, 6.07) is 10.3. The van der Waals surface area contributed by atoms with E-state index in [1.807, 2.05) is 17.0 Å². The summed E-state index contributed by atoms with van der Waals surface area (Å²) in [5.41, 5.74) is 4.87. The number of rotatable bonds is 5. The zero-order valence-electron chi connectivity index (χ0n) is 15.0. The van der Waals surface area contributed by atoms with Crippen molar-refractivity contribution in [1.29, 1.82) is 0 Å². The van der Waals surface area contributed by atoms with Crippen LogP contribution in [0.4, 0.5) is 0 Å². The maximum Gasteiger partial charge on any atom is 0.223 e. The zero-order chi connectivity index (χ0) is 17.8. The minimum atomic E-state index is -0.446. The highest BCUT2D eigenvalue weighted by Gasteiger charge is 2.33. The number of amides is 1. The third-order valence-electron chi connectivity index (χ3n) is 5.11. The molecule has 1 aromatic carbocycles. The third-order valence-corrected chi connectivity index (χ3v) is 5.11. The molecule has 0 unspecified atom stereocenters. The summed E-state index contributed by atoms with van der Waals surface area (Å²) in [4.78, 5) is 18.4. The number of benzene rings is 1. The first kappa shape index (κ1) is 17.6. The summed E-state index contributed by atoms with van der Waals surface area (Å²) < 4.78 is 0. The van der Waals surface area contributed by atoms with Gasteiger partial charge in [-0.1, -0.05) is 23.8 Å². The largest absolute Gasteiger partial charge is 0.391 e. The van der Waals surface area contributed by atoms with Gasteiger partial charge >= 0.3 is 0 Å². The number of aliphatic hydroxyl groups is 1. The highest BCUT2D eigenvalue weighted by atomic mass is 16.3. The lowest BCUT2D eigenvalue weighted by Crippen LogP contribution is -2.29. The number of nitrogens with zero attached hydrogens (tertiary/aromatic N) is 2. The Bertz CT molecular complexity index is 730. The molecule has 4 heteroatoms. The molecule has 1 aliphatic rings. The smallest absolute Gasteiger partial charge is 0.223 e. The number of hydrogen-bond donors (Lipinski definition) is 1. The Labute approximate surface area is 149 Å². The van der Waals surface area contributed by atoms with E-state index in [2.05, 4.69) is 37.0 Å². The Hall–Kier alpha value is -2.20. The van der Waals surface area contributed by atoms with Gasteiger partial charge in [0, 0.05) is 37.8 Å². The minimum Gasteiger partial charge on any atom is -0.391 e. The number of hydrogen-bond acceptors (Lipinski definition) is 3. The highest BCUT2D eigenvalue weighted by Crippen LogP contribution is 2.22. The van der Waals surface area contributed by atoms with Gasteiger partial charge in [0.25, 0.3) is 0 Å². The molecule has 3 rings (SSSR count). The number of aromatic nitrogens is 1. The van der Waals surface area contributed by atoms with Gasteiger partial charge in [-0.25, -0.2) is 0 Å². The summed E-state index contributed by atoms with van der Waals surface area (Å²) in [6.07, 6.45) is 5.13. The van der Waals surface area contributed by atoms with E-state index in [4.69, 9.17) is 0 Å². The van der Waals surface area contributed by atoms with Gasteiger partial charge in [-0.2, -0.15) is 0 Å². The second kappa shape index (κ2) is 7.79. The lowest BCUT2D eigenvalue weighted by atomic mass is 9.97. The SMILES string of the molecule is Cc1ccc(CCC(=O)N2C[C@@H](Cc3ccncc3)[C@@H](O)C2)c(C)c1. The van der Waals surface area contributed by atoms with E-state index in [1.165, 1.54) is 16.7 Å². The van der Waals surface area contributed by atoms with Crippen LogP contribution >= 0.6 is 0 Å². The predicted molar refractivity (Wildman–Crippen MR) is 98.3 cm³/mol. The standard InChI is InChI=1S/C21H26N2O2/c1-15-3-4-18(16(2)11-15)5-6-21(25)23-13-19(20(24)14-23)12-17-7-9-22-10-8-17/h3-4,7-11,19-20,24H,5-6,12-14H2,1-2H3/t19-,20+/m1/s1. The molecular weight excluding hydrogens is 312 g/mol. The van der Waals surface area contributed by atoms with Crippen LogP contribution in [0, 0.1) is 19.8 Å². The van der Waals surface area contributed by atoms with Crippen LogP contribution < -0.4 is 0 Å². The lowest BCUT2D eigenvalue weighted by molar-refractivity contribution is -0.130. The van der Waals surface area contributed by atoms with E-state index < -0.39 is 6.10 Å². The minimum absolute atomic E-state index is 0.104. The van der Waals surface area contributed by atoms with Crippen molar-refractivity contribution in [2.45, 2.75) is 39.2 Å². The van der Waals surface area contributed by atoms with Crippen LogP contribution in [0.2, 0.25) is 0 Å². The molecule has 0 spiro atoms. The molecule has 0 saturated carbocycles. The number of pyridine rings is 1. The van der Waals surface area contributed by atoms with E-state index in [9.17, 15) is 9.90 Å². The number of β-amino-alcohol motifs (C(OH)–C–C–N with tert-alkyl or cyclic N) is 1. The first-order valence-electron chi connectivity index (χ1n) is 8.94. The average molecular weight is 338 g/mol. The number of carbonyl (C=O) groups excluding carboxylic acids is 1. The normalized spacial score (nSPS) is 20.0. The van der Waals surface area contributed by atoms with Crippen molar-refractivity contribution in [3.8, 4) is 0 Å². The lowest BCUT2D eigenvalue weighted by Gasteiger charge is -2.16. The quantitative estimate of drug-likeness (QED) is 0.912. The molecule has 2 atom stereocenters. The van der Waals surface area contributed by atoms with Crippen LogP contribution in [0.5, 0.6) is 0 Å². The van der Waals surface area contributed by atoms with Crippen LogP contribution in [0.15, 0.2) is 42.7 Å². The van der Waals surface area contributed by atoms with Crippen molar-refractivity contribution in [3.63, 3.8) is 0 Å². The molecular formula is C21H26N2O2. The number of aliphatic hydroxyl groups excluding tert-OH is 1. The molecule has 1 amide bonds. The first-order chi connectivity index (χ1) is 12.0. The summed E-state index contributed by atoms with van der Waals surface area (Å²) in [5.74, 6) is 0.240. The summed E-state index contributed by atoms with van der Waals surface area (Å²) in [5, 5.41) is 10.3. The van der Waals surface area contributed by atoms with E-state index in [0.29, 0.717) is 19.5 Å². The van der Waals surface area contributed by atoms with Gasteiger partial charge in [0.05, 0.1) is 6.10 Å². The van der Waals surface area contributed by atoms with E-state index in [-0.39, 0.29) is 11.8 Å². The van der Waals surface area contributed by atoms with Gasteiger partial charge in [0.2, 0.25) is 5.91 Å². The van der Waals surface area contributed by atoms with Crippen molar-refractivity contribution < 1.29 is 9.90 Å². The monoisotopic (exact) mass is 338 g/mol. The molecule has 2 aromatic rings. The van der Waals surface area contributed by atoms with Crippen molar-refractivity contribution in [3.05, 3.63) is 65.0 Å². The van der Waals surface area contributed by atoms with Gasteiger partial charge in [-0.15, -0.1) is 0 Å². The molecule has 1 saturated heterocycles. The van der Waals surface area contributed by atoms with Crippen LogP contribution in [0.3, 0.4) is 0 Å². The molecule has 1 aromatic heterocycles. The topological polar surface area (TPSA) is 53.4 Å². The number of carbonyl (C=O) groups is 1. The molecule has 0 bridgehead atoms. The summed E-state index contributed by atoms with van der Waals surface area (Å²) >= 11 is 0. The summed E-state index contributed by atoms with van der Waals surface area (Å²) in [6.45, 7) is 5.25. The van der Waals surface area contributed by atoms with Crippen LogP contribution in [-0.4, -0.2) is 40.1 Å². The molecule has 25 heavy (non-hydrogen) atoms. The van der Waals surface area contributed by atoms with Gasteiger partial charge in [0.15, 0.2) is 0 Å². The molecule has 1 fully saturated rings. The number of likely N-dealkylation sites (tertiary alicyclic amines) is 1. The van der Waals surface area contributed by atoms with Crippen molar-refractivity contribution in [2.24, 2.45) is 5.92 Å². The maximum absolute atomic E-state index is 12.5. The Morgan fingerprint density at radius 1 is 1.20 bits per heavy atom. The van der Waals surface area contributed by atoms with Crippen molar-refractivity contribution in [1.82, 2.24) is 9.88 Å². The number of aryl methyl sites for hydroxylation is 3. The molecule has 1 N–H and O–H groups in total. The van der Waals surface area contributed by atoms with Gasteiger partial charge in [0.1, 0.15) is 0 Å². The van der Waals surface area contributed by atoms with Crippen molar-refractivity contribution >= 4 is 5.91 Å². The fourth-order valence-corrected chi connectivity index (χ4v) is 3.61. The zero-order valence-corrected chi connectivity index (χ0v) is 15.0. The van der Waals surface area contributed by atoms with E-state index in [1.54, 1.807) is 12.4 Å². The Morgan fingerprint density at radius 3 is 2.68 bits per heavy atom. The van der Waals surface area contributed by atoms with Crippen molar-refractivity contribution in [2.75, 3.05) is 13.1 Å². The highest BCUT2D eigenvalue weighted by molar-refractivity contribution is 5.77. The van der Waals surface area contributed by atoms with Crippen LogP contribution in [0.25, 0.3) is 0 Å². The third kappa shape index (κ3) is 4.45. The second-order valence-corrected chi connectivity index (χ2v) is 7.12. The van der Waals surface area contributed by atoms with Crippen LogP contribution in [0.1, 0.15) is 28.7 Å². The fourth-order valence-electron chi connectivity index (χ4n) is 3.61. The van der Waals surface area contributed by atoms with E-state index in [0.717, 1.165) is 18.4 Å². The fraction of sp³-hybridized carbons (Fsp3) is 0.429. The molecule has 0 aliphatic carbocycles. The Morgan fingerprint density at radius 2 is 1.96 bits per heavy atom. The Balaban J connectivity index is 1.54.